The molecule has 140 valence electrons. The van der Waals surface area contributed by atoms with E-state index in [1.165, 1.54) is 10.9 Å². The van der Waals surface area contributed by atoms with Crippen LogP contribution >= 0.6 is 0 Å². The van der Waals surface area contributed by atoms with Crippen molar-refractivity contribution >= 4 is 5.91 Å². The Kier molecular flexibility index (Phi) is 5.11. The Morgan fingerprint density at radius 3 is 2.73 bits per heavy atom. The third kappa shape index (κ3) is 3.36. The number of ether oxygens (including phenoxy) is 1. The first-order valence-corrected chi connectivity index (χ1v) is 8.87. The third-order valence-electron chi connectivity index (χ3n) is 4.76. The molecule has 1 fully saturated rings. The Morgan fingerprint density at radius 2 is 2.12 bits per heavy atom. The second kappa shape index (κ2) is 7.31. The van der Waals surface area contributed by atoms with Gasteiger partial charge in [0, 0.05) is 44.4 Å². The van der Waals surface area contributed by atoms with E-state index >= 15 is 0 Å². The fourth-order valence-electron chi connectivity index (χ4n) is 3.44. The van der Waals surface area contributed by atoms with Gasteiger partial charge in [-0.1, -0.05) is 0 Å². The van der Waals surface area contributed by atoms with E-state index in [9.17, 15) is 9.59 Å². The zero-order chi connectivity index (χ0) is 18.8. The molecule has 8 nitrogen and oxygen atoms in total. The van der Waals surface area contributed by atoms with Crippen LogP contribution in [0.25, 0.3) is 0 Å². The number of likely N-dealkylation sites (tertiary alicyclic amines) is 1. The van der Waals surface area contributed by atoms with E-state index < -0.39 is 0 Å². The molecule has 26 heavy (non-hydrogen) atoms. The summed E-state index contributed by atoms with van der Waals surface area (Å²) in [6.07, 6.45) is 3.33. The molecule has 0 aromatic carbocycles. The van der Waals surface area contributed by atoms with E-state index in [0.29, 0.717) is 24.5 Å². The summed E-state index contributed by atoms with van der Waals surface area (Å²) in [6, 6.07) is 3.44. The van der Waals surface area contributed by atoms with E-state index in [0.717, 1.165) is 18.7 Å². The highest BCUT2D eigenvalue weighted by Crippen LogP contribution is 2.27. The van der Waals surface area contributed by atoms with Crippen LogP contribution in [0.4, 0.5) is 0 Å². The summed E-state index contributed by atoms with van der Waals surface area (Å²) in [5.74, 6) is 1.24. The number of pyridine rings is 1. The fourth-order valence-corrected chi connectivity index (χ4v) is 3.44. The van der Waals surface area contributed by atoms with Gasteiger partial charge in [-0.15, -0.1) is 0 Å². The SMILES string of the molecule is COc1ccc(C(=O)N2CCCC(c3nn(C)c(=O)n3C(C)C)C2)cn1. The van der Waals surface area contributed by atoms with Gasteiger partial charge in [-0.3, -0.25) is 9.36 Å². The van der Waals surface area contributed by atoms with Crippen LogP contribution in [0.15, 0.2) is 23.1 Å². The molecule has 8 heteroatoms. The van der Waals surface area contributed by atoms with Crippen molar-refractivity contribution in [2.75, 3.05) is 20.2 Å². The van der Waals surface area contributed by atoms with Crippen LogP contribution in [0.2, 0.25) is 0 Å². The lowest BCUT2D eigenvalue weighted by molar-refractivity contribution is 0.0702. The summed E-state index contributed by atoms with van der Waals surface area (Å²) in [5, 5.41) is 4.44. The van der Waals surface area contributed by atoms with E-state index in [1.54, 1.807) is 30.9 Å². The van der Waals surface area contributed by atoms with Gasteiger partial charge >= 0.3 is 5.69 Å². The number of hydrogen-bond donors (Lipinski definition) is 0. The van der Waals surface area contributed by atoms with Crippen molar-refractivity contribution in [1.29, 1.82) is 0 Å². The molecule has 0 bridgehead atoms. The molecule has 1 unspecified atom stereocenters. The Balaban J connectivity index is 1.82. The number of hydrogen-bond acceptors (Lipinski definition) is 5. The van der Waals surface area contributed by atoms with Gasteiger partial charge in [0.15, 0.2) is 0 Å². The zero-order valence-electron chi connectivity index (χ0n) is 15.7. The third-order valence-corrected chi connectivity index (χ3v) is 4.76. The van der Waals surface area contributed by atoms with Gasteiger partial charge in [0.25, 0.3) is 5.91 Å². The number of aromatic nitrogens is 4. The average molecular weight is 359 g/mol. The van der Waals surface area contributed by atoms with E-state index in [2.05, 4.69) is 10.1 Å². The van der Waals surface area contributed by atoms with Crippen LogP contribution in [-0.2, 0) is 7.05 Å². The van der Waals surface area contributed by atoms with Gasteiger partial charge in [-0.2, -0.15) is 5.10 Å². The number of amides is 1. The maximum atomic E-state index is 12.8. The summed E-state index contributed by atoms with van der Waals surface area (Å²) in [6.45, 7) is 5.19. The molecule has 0 N–H and O–H groups in total. The highest BCUT2D eigenvalue weighted by molar-refractivity contribution is 5.94. The predicted molar refractivity (Wildman–Crippen MR) is 96.5 cm³/mol. The van der Waals surface area contributed by atoms with E-state index in [1.807, 2.05) is 18.7 Å². The molecule has 0 spiro atoms. The molecular formula is C18H25N5O3. The molecule has 2 aromatic heterocycles. The molecule has 1 aliphatic rings. The molecule has 0 saturated carbocycles. The highest BCUT2D eigenvalue weighted by atomic mass is 16.5. The summed E-state index contributed by atoms with van der Waals surface area (Å²) in [5.41, 5.74) is 0.423. The van der Waals surface area contributed by atoms with Crippen LogP contribution in [0.1, 0.15) is 54.8 Å². The predicted octanol–water partition coefficient (Wildman–Crippen LogP) is 1.59. The van der Waals surface area contributed by atoms with Crippen molar-refractivity contribution in [2.45, 2.75) is 38.6 Å². The number of methoxy groups -OCH3 is 1. The minimum Gasteiger partial charge on any atom is -0.481 e. The molecular weight excluding hydrogens is 334 g/mol. The molecule has 0 aliphatic carbocycles. The lowest BCUT2D eigenvalue weighted by Gasteiger charge is -2.32. The van der Waals surface area contributed by atoms with Crippen LogP contribution in [0.3, 0.4) is 0 Å². The number of nitrogens with zero attached hydrogens (tertiary/aromatic N) is 5. The Labute approximate surface area is 152 Å². The zero-order valence-corrected chi connectivity index (χ0v) is 15.7. The Hall–Kier alpha value is -2.64. The van der Waals surface area contributed by atoms with Crippen molar-refractivity contribution in [3.05, 3.63) is 40.2 Å². The minimum atomic E-state index is -0.113. The van der Waals surface area contributed by atoms with Gasteiger partial charge in [-0.05, 0) is 32.8 Å². The summed E-state index contributed by atoms with van der Waals surface area (Å²) in [7, 11) is 3.21. The van der Waals surface area contributed by atoms with Gasteiger partial charge in [0.1, 0.15) is 5.82 Å². The minimum absolute atomic E-state index is 0.0306. The number of carbonyl (C=O) groups is 1. The van der Waals surface area contributed by atoms with Crippen LogP contribution in [0.5, 0.6) is 5.88 Å². The number of rotatable bonds is 4. The first-order valence-electron chi connectivity index (χ1n) is 8.87. The van der Waals surface area contributed by atoms with Crippen molar-refractivity contribution in [3.63, 3.8) is 0 Å². The van der Waals surface area contributed by atoms with Crippen LogP contribution in [-0.4, -0.2) is 50.3 Å². The lowest BCUT2D eigenvalue weighted by atomic mass is 9.96. The summed E-state index contributed by atoms with van der Waals surface area (Å²) < 4.78 is 8.15. The molecule has 1 amide bonds. The topological polar surface area (TPSA) is 82.3 Å². The smallest absolute Gasteiger partial charge is 0.345 e. The fraction of sp³-hybridized carbons (Fsp3) is 0.556. The average Bonchev–Trinajstić information content (AvgIpc) is 2.96. The van der Waals surface area contributed by atoms with Crippen molar-refractivity contribution in [1.82, 2.24) is 24.2 Å². The molecule has 3 heterocycles. The first-order chi connectivity index (χ1) is 12.4. The number of carbonyl (C=O) groups excluding carboxylic acids is 1. The van der Waals surface area contributed by atoms with Gasteiger partial charge in [-0.25, -0.2) is 14.5 Å². The Morgan fingerprint density at radius 1 is 1.35 bits per heavy atom. The van der Waals surface area contributed by atoms with Crippen molar-refractivity contribution < 1.29 is 9.53 Å². The van der Waals surface area contributed by atoms with Crippen LogP contribution < -0.4 is 10.4 Å². The summed E-state index contributed by atoms with van der Waals surface area (Å²) in [4.78, 5) is 31.1. The maximum Gasteiger partial charge on any atom is 0.345 e. The molecule has 0 radical (unpaired) electrons. The molecule has 3 rings (SSSR count). The van der Waals surface area contributed by atoms with E-state index in [4.69, 9.17) is 4.74 Å². The quantitative estimate of drug-likeness (QED) is 0.828. The second-order valence-electron chi connectivity index (χ2n) is 6.91. The number of aryl methyl sites for hydroxylation is 1. The largest absolute Gasteiger partial charge is 0.481 e. The van der Waals surface area contributed by atoms with Gasteiger partial charge < -0.3 is 9.64 Å². The van der Waals surface area contributed by atoms with E-state index in [-0.39, 0.29) is 23.6 Å². The van der Waals surface area contributed by atoms with Crippen LogP contribution in [0, 0.1) is 0 Å². The monoisotopic (exact) mass is 359 g/mol. The standard InChI is InChI=1S/C18H25N5O3/c1-12(2)23-16(20-21(3)18(23)25)14-6-5-9-22(11-14)17(24)13-7-8-15(26-4)19-10-13/h7-8,10,12,14H,5-6,9,11H2,1-4H3. The molecule has 2 aromatic rings. The lowest BCUT2D eigenvalue weighted by Crippen LogP contribution is -2.40. The molecule has 1 saturated heterocycles. The van der Waals surface area contributed by atoms with Crippen molar-refractivity contribution in [3.8, 4) is 5.88 Å². The summed E-state index contributed by atoms with van der Waals surface area (Å²) >= 11 is 0. The normalized spacial score (nSPS) is 17.6. The highest BCUT2D eigenvalue weighted by Gasteiger charge is 2.30. The molecule has 1 aliphatic heterocycles. The first kappa shape index (κ1) is 18.2. The second-order valence-corrected chi connectivity index (χ2v) is 6.91. The van der Waals surface area contributed by atoms with Gasteiger partial charge in [0.05, 0.1) is 12.7 Å². The van der Waals surface area contributed by atoms with Crippen molar-refractivity contribution in [2.24, 2.45) is 7.05 Å². The Bertz CT molecular complexity index is 838. The molecule has 1 atom stereocenters. The maximum absolute atomic E-state index is 12.8. The number of piperidine rings is 1. The van der Waals surface area contributed by atoms with Gasteiger partial charge in [0.2, 0.25) is 5.88 Å².